The van der Waals surface area contributed by atoms with Gasteiger partial charge in [0.05, 0.1) is 24.9 Å². The molecule has 0 saturated carbocycles. The van der Waals surface area contributed by atoms with Gasteiger partial charge in [0, 0.05) is 24.7 Å². The van der Waals surface area contributed by atoms with Crippen LogP contribution < -0.4 is 14.8 Å². The first-order valence-electron chi connectivity index (χ1n) is 8.64. The van der Waals surface area contributed by atoms with Crippen molar-refractivity contribution in [2.45, 2.75) is 18.9 Å². The molecule has 0 aliphatic carbocycles. The molecule has 0 spiro atoms. The Balaban J connectivity index is 1.61. The third-order valence-electron chi connectivity index (χ3n) is 4.65. The third-order valence-corrected chi connectivity index (χ3v) is 4.98. The van der Waals surface area contributed by atoms with Crippen LogP contribution in [-0.2, 0) is 0 Å². The second-order valence-electron chi connectivity index (χ2n) is 6.26. The molecule has 0 unspecified atom stereocenters. The predicted octanol–water partition coefficient (Wildman–Crippen LogP) is 4.07. The molecular formula is C20H23ClN2O3. The van der Waals surface area contributed by atoms with E-state index in [9.17, 15) is 4.79 Å². The lowest BCUT2D eigenvalue weighted by molar-refractivity contribution is 0.0718. The van der Waals surface area contributed by atoms with Crippen molar-refractivity contribution in [3.8, 4) is 11.5 Å². The van der Waals surface area contributed by atoms with Crippen molar-refractivity contribution in [1.82, 2.24) is 4.90 Å². The fourth-order valence-electron chi connectivity index (χ4n) is 3.18. The summed E-state index contributed by atoms with van der Waals surface area (Å²) in [6.45, 7) is 1.41. The number of methoxy groups -OCH3 is 2. The normalized spacial score (nSPS) is 14.8. The van der Waals surface area contributed by atoms with Gasteiger partial charge in [0.2, 0.25) is 0 Å². The van der Waals surface area contributed by atoms with Crippen LogP contribution in [0.25, 0.3) is 0 Å². The number of nitrogens with zero attached hydrogens (tertiary/aromatic N) is 1. The number of halogens is 1. The standard InChI is InChI=1S/C20H23ClN2O3/c1-25-18-8-7-14(13-19(18)26-2)20(24)23-11-9-15(10-12-23)22-17-6-4-3-5-16(17)21/h3-8,13,15,22H,9-12H2,1-2H3. The molecule has 5 nitrogen and oxygen atoms in total. The van der Waals surface area contributed by atoms with Gasteiger partial charge in [0.25, 0.3) is 5.91 Å². The predicted molar refractivity (Wildman–Crippen MR) is 104 cm³/mol. The van der Waals surface area contributed by atoms with E-state index < -0.39 is 0 Å². The molecule has 0 aromatic heterocycles. The van der Waals surface area contributed by atoms with Gasteiger partial charge in [0.15, 0.2) is 11.5 Å². The molecule has 1 fully saturated rings. The van der Waals surface area contributed by atoms with E-state index in [0.717, 1.165) is 23.6 Å². The number of likely N-dealkylation sites (tertiary alicyclic amines) is 1. The Kier molecular flexibility index (Phi) is 5.89. The number of amides is 1. The molecular weight excluding hydrogens is 352 g/mol. The van der Waals surface area contributed by atoms with Crippen molar-refractivity contribution in [2.24, 2.45) is 0 Å². The molecule has 6 heteroatoms. The average Bonchev–Trinajstić information content (AvgIpc) is 2.69. The van der Waals surface area contributed by atoms with Crippen molar-refractivity contribution in [3.63, 3.8) is 0 Å². The average molecular weight is 375 g/mol. The molecule has 1 aliphatic heterocycles. The summed E-state index contributed by atoms with van der Waals surface area (Å²) >= 11 is 6.21. The second-order valence-corrected chi connectivity index (χ2v) is 6.67. The molecule has 2 aromatic rings. The largest absolute Gasteiger partial charge is 0.493 e. The number of ether oxygens (including phenoxy) is 2. The molecule has 0 bridgehead atoms. The van der Waals surface area contributed by atoms with Gasteiger partial charge in [-0.15, -0.1) is 0 Å². The number of rotatable bonds is 5. The van der Waals surface area contributed by atoms with Gasteiger partial charge in [0.1, 0.15) is 0 Å². The lowest BCUT2D eigenvalue weighted by Crippen LogP contribution is -2.42. The molecule has 138 valence electrons. The minimum Gasteiger partial charge on any atom is -0.493 e. The van der Waals surface area contributed by atoms with Gasteiger partial charge in [-0.3, -0.25) is 4.79 Å². The highest BCUT2D eigenvalue weighted by atomic mass is 35.5. The molecule has 26 heavy (non-hydrogen) atoms. The smallest absolute Gasteiger partial charge is 0.253 e. The van der Waals surface area contributed by atoms with Crippen LogP contribution in [0.3, 0.4) is 0 Å². The van der Waals surface area contributed by atoms with Gasteiger partial charge in [-0.05, 0) is 43.2 Å². The number of anilines is 1. The summed E-state index contributed by atoms with van der Waals surface area (Å²) in [5.41, 5.74) is 1.55. The number of benzene rings is 2. The summed E-state index contributed by atoms with van der Waals surface area (Å²) in [5, 5.41) is 4.19. The minimum absolute atomic E-state index is 0.0159. The Morgan fingerprint density at radius 3 is 2.42 bits per heavy atom. The molecule has 1 aliphatic rings. The maximum absolute atomic E-state index is 12.8. The van der Waals surface area contributed by atoms with E-state index in [1.807, 2.05) is 29.2 Å². The van der Waals surface area contributed by atoms with Crippen molar-refractivity contribution in [1.29, 1.82) is 0 Å². The fourth-order valence-corrected chi connectivity index (χ4v) is 3.37. The number of nitrogens with one attached hydrogen (secondary N) is 1. The molecule has 2 aromatic carbocycles. The highest BCUT2D eigenvalue weighted by Gasteiger charge is 2.24. The summed E-state index contributed by atoms with van der Waals surface area (Å²) < 4.78 is 10.5. The minimum atomic E-state index is 0.0159. The zero-order valence-corrected chi connectivity index (χ0v) is 15.8. The summed E-state index contributed by atoms with van der Waals surface area (Å²) in [4.78, 5) is 14.7. The van der Waals surface area contributed by atoms with E-state index in [2.05, 4.69) is 5.32 Å². The van der Waals surface area contributed by atoms with Crippen LogP contribution in [0.15, 0.2) is 42.5 Å². The Morgan fingerprint density at radius 2 is 1.77 bits per heavy atom. The van der Waals surface area contributed by atoms with Crippen molar-refractivity contribution < 1.29 is 14.3 Å². The van der Waals surface area contributed by atoms with E-state index in [1.54, 1.807) is 32.4 Å². The Bertz CT molecular complexity index is 773. The molecule has 0 atom stereocenters. The zero-order valence-electron chi connectivity index (χ0n) is 15.0. The Labute approximate surface area is 158 Å². The van der Waals surface area contributed by atoms with Crippen LogP contribution in [0.4, 0.5) is 5.69 Å². The second kappa shape index (κ2) is 8.32. The Morgan fingerprint density at radius 1 is 1.08 bits per heavy atom. The maximum Gasteiger partial charge on any atom is 0.253 e. The molecule has 1 N–H and O–H groups in total. The quantitative estimate of drug-likeness (QED) is 0.857. The fraction of sp³-hybridized carbons (Fsp3) is 0.350. The first-order chi connectivity index (χ1) is 12.6. The van der Waals surface area contributed by atoms with Crippen LogP contribution in [0, 0.1) is 0 Å². The number of piperidine rings is 1. The van der Waals surface area contributed by atoms with Crippen molar-refractivity contribution in [3.05, 3.63) is 53.1 Å². The summed E-state index contributed by atoms with van der Waals surface area (Å²) in [7, 11) is 3.15. The van der Waals surface area contributed by atoms with Crippen molar-refractivity contribution in [2.75, 3.05) is 32.6 Å². The van der Waals surface area contributed by atoms with Crippen LogP contribution >= 0.6 is 11.6 Å². The van der Waals surface area contributed by atoms with Gasteiger partial charge in [-0.1, -0.05) is 23.7 Å². The lowest BCUT2D eigenvalue weighted by atomic mass is 10.0. The SMILES string of the molecule is COc1ccc(C(=O)N2CCC(Nc3ccccc3Cl)CC2)cc1OC. The third kappa shape index (κ3) is 4.05. The number of carbonyl (C=O) groups excluding carboxylic acids is 1. The van der Waals surface area contributed by atoms with Gasteiger partial charge in [-0.2, -0.15) is 0 Å². The summed E-state index contributed by atoms with van der Waals surface area (Å²) in [6.07, 6.45) is 1.76. The molecule has 0 radical (unpaired) electrons. The van der Waals surface area contributed by atoms with E-state index in [1.165, 1.54) is 0 Å². The van der Waals surface area contributed by atoms with Crippen LogP contribution in [0.5, 0.6) is 11.5 Å². The van der Waals surface area contributed by atoms with E-state index in [4.69, 9.17) is 21.1 Å². The lowest BCUT2D eigenvalue weighted by Gasteiger charge is -2.33. The molecule has 1 heterocycles. The first-order valence-corrected chi connectivity index (χ1v) is 9.02. The number of hydrogen-bond acceptors (Lipinski definition) is 4. The topological polar surface area (TPSA) is 50.8 Å². The first kappa shape index (κ1) is 18.4. The zero-order chi connectivity index (χ0) is 18.5. The maximum atomic E-state index is 12.8. The summed E-state index contributed by atoms with van der Waals surface area (Å²) in [5.74, 6) is 1.20. The monoisotopic (exact) mass is 374 g/mol. The molecule has 1 amide bonds. The molecule has 1 saturated heterocycles. The van der Waals surface area contributed by atoms with Crippen LogP contribution in [0.1, 0.15) is 23.2 Å². The number of carbonyl (C=O) groups is 1. The van der Waals surface area contributed by atoms with Crippen molar-refractivity contribution >= 4 is 23.2 Å². The highest BCUT2D eigenvalue weighted by Crippen LogP contribution is 2.29. The van der Waals surface area contributed by atoms with E-state index >= 15 is 0 Å². The van der Waals surface area contributed by atoms with E-state index in [-0.39, 0.29) is 5.91 Å². The number of para-hydroxylation sites is 1. The van der Waals surface area contributed by atoms with Crippen LogP contribution in [0.2, 0.25) is 5.02 Å². The van der Waals surface area contributed by atoms with Gasteiger partial charge in [-0.25, -0.2) is 0 Å². The van der Waals surface area contributed by atoms with Gasteiger partial charge < -0.3 is 19.7 Å². The van der Waals surface area contributed by atoms with Crippen LogP contribution in [-0.4, -0.2) is 44.2 Å². The van der Waals surface area contributed by atoms with E-state index in [0.29, 0.717) is 36.2 Å². The molecule has 3 rings (SSSR count). The number of hydrogen-bond donors (Lipinski definition) is 1. The van der Waals surface area contributed by atoms with Gasteiger partial charge >= 0.3 is 0 Å². The summed E-state index contributed by atoms with van der Waals surface area (Å²) in [6, 6.07) is 13.3. The Hall–Kier alpha value is -2.40. The highest BCUT2D eigenvalue weighted by molar-refractivity contribution is 6.33.